The van der Waals surface area contributed by atoms with Crippen LogP contribution < -0.4 is 4.74 Å². The summed E-state index contributed by atoms with van der Waals surface area (Å²) in [6, 6.07) is 26.6. The van der Waals surface area contributed by atoms with E-state index in [1.54, 1.807) is 42.1 Å². The lowest BCUT2D eigenvalue weighted by atomic mass is 10.1. The van der Waals surface area contributed by atoms with Crippen molar-refractivity contribution in [2.24, 2.45) is 0 Å². The first-order valence-electron chi connectivity index (χ1n) is 11.0. The fourth-order valence-corrected chi connectivity index (χ4v) is 3.68. The number of ether oxygens (including phenoxy) is 1. The molecule has 5 nitrogen and oxygen atoms in total. The first-order valence-corrected chi connectivity index (χ1v) is 11.0. The van der Waals surface area contributed by atoms with Gasteiger partial charge in [0.25, 0.3) is 0 Å². The molecule has 0 spiro atoms. The van der Waals surface area contributed by atoms with Gasteiger partial charge >= 0.3 is 0 Å². The third kappa shape index (κ3) is 4.82. The van der Waals surface area contributed by atoms with E-state index >= 15 is 0 Å². The molecular formula is C29H21FN2O3. The van der Waals surface area contributed by atoms with Crippen LogP contribution in [0, 0.1) is 5.82 Å². The van der Waals surface area contributed by atoms with E-state index in [1.165, 1.54) is 18.2 Å². The minimum absolute atomic E-state index is 0.196. The Morgan fingerprint density at radius 2 is 1.63 bits per heavy atom. The maximum absolute atomic E-state index is 13.2. The van der Waals surface area contributed by atoms with Crippen molar-refractivity contribution in [2.75, 3.05) is 7.11 Å². The van der Waals surface area contributed by atoms with E-state index in [0.717, 1.165) is 28.3 Å². The molecule has 0 aliphatic rings. The van der Waals surface area contributed by atoms with Crippen LogP contribution >= 0.6 is 0 Å². The molecular weight excluding hydrogens is 443 g/mol. The van der Waals surface area contributed by atoms with E-state index in [0.29, 0.717) is 11.3 Å². The van der Waals surface area contributed by atoms with Crippen LogP contribution in [0.2, 0.25) is 0 Å². The number of halogens is 1. The van der Waals surface area contributed by atoms with Crippen LogP contribution in [0.4, 0.5) is 4.39 Å². The molecule has 0 aliphatic heterocycles. The number of methoxy groups -OCH3 is 1. The minimum Gasteiger partial charge on any atom is -0.497 e. The Labute approximate surface area is 201 Å². The number of hydrogen-bond acceptors (Lipinski definition) is 4. The van der Waals surface area contributed by atoms with Gasteiger partial charge in [-0.15, -0.1) is 0 Å². The van der Waals surface area contributed by atoms with E-state index in [9.17, 15) is 9.18 Å². The van der Waals surface area contributed by atoms with E-state index < -0.39 is 0 Å². The van der Waals surface area contributed by atoms with Crippen LogP contribution in [0.3, 0.4) is 0 Å². The van der Waals surface area contributed by atoms with E-state index in [-0.39, 0.29) is 17.4 Å². The number of furan rings is 1. The molecule has 0 saturated carbocycles. The highest BCUT2D eigenvalue weighted by Crippen LogP contribution is 2.27. The van der Waals surface area contributed by atoms with Crippen molar-refractivity contribution in [1.82, 2.24) is 9.78 Å². The van der Waals surface area contributed by atoms with Crippen LogP contribution in [0.25, 0.3) is 34.3 Å². The summed E-state index contributed by atoms with van der Waals surface area (Å²) in [6.45, 7) is 0. The molecule has 172 valence electrons. The molecule has 0 aliphatic carbocycles. The summed E-state index contributed by atoms with van der Waals surface area (Å²) in [4.78, 5) is 12.8. The zero-order chi connectivity index (χ0) is 24.2. The first kappa shape index (κ1) is 22.1. The second kappa shape index (κ2) is 9.65. The predicted molar refractivity (Wildman–Crippen MR) is 133 cm³/mol. The quantitative estimate of drug-likeness (QED) is 0.195. The normalized spacial score (nSPS) is 11.1. The van der Waals surface area contributed by atoms with E-state index in [1.807, 2.05) is 60.8 Å². The lowest BCUT2D eigenvalue weighted by Gasteiger charge is -2.02. The average Bonchev–Trinajstić information content (AvgIpc) is 3.57. The number of benzene rings is 3. The van der Waals surface area contributed by atoms with Crippen LogP contribution in [-0.4, -0.2) is 22.7 Å². The lowest BCUT2D eigenvalue weighted by Crippen LogP contribution is -1.94. The fourth-order valence-electron chi connectivity index (χ4n) is 3.68. The molecule has 5 rings (SSSR count). The Kier molecular flexibility index (Phi) is 6.09. The zero-order valence-electron chi connectivity index (χ0n) is 18.9. The third-order valence-electron chi connectivity index (χ3n) is 5.52. The van der Waals surface area contributed by atoms with Gasteiger partial charge in [0.2, 0.25) is 5.78 Å². The van der Waals surface area contributed by atoms with Gasteiger partial charge in [-0.3, -0.25) is 4.79 Å². The van der Waals surface area contributed by atoms with Gasteiger partial charge in [-0.05, 0) is 84.9 Å². The van der Waals surface area contributed by atoms with Crippen molar-refractivity contribution >= 4 is 11.9 Å². The summed E-state index contributed by atoms with van der Waals surface area (Å²) in [6.07, 6.45) is 5.08. The van der Waals surface area contributed by atoms with Crippen molar-refractivity contribution in [1.29, 1.82) is 0 Å². The molecule has 0 amide bonds. The zero-order valence-corrected chi connectivity index (χ0v) is 18.9. The molecule has 6 heteroatoms. The minimum atomic E-state index is -0.330. The number of aromatic nitrogens is 2. The van der Waals surface area contributed by atoms with Crippen molar-refractivity contribution in [3.8, 4) is 34.0 Å². The molecule has 0 saturated heterocycles. The van der Waals surface area contributed by atoms with Crippen LogP contribution in [0.1, 0.15) is 16.1 Å². The number of para-hydroxylation sites is 1. The summed E-state index contributed by atoms with van der Waals surface area (Å²) in [5, 5.41) is 4.77. The smallest absolute Gasteiger partial charge is 0.221 e. The molecule has 0 fully saturated rings. The van der Waals surface area contributed by atoms with Crippen molar-refractivity contribution < 1.29 is 18.3 Å². The number of carbonyl (C=O) groups is 1. The second-order valence-corrected chi connectivity index (χ2v) is 7.81. The van der Waals surface area contributed by atoms with Gasteiger partial charge in [-0.2, -0.15) is 5.10 Å². The summed E-state index contributed by atoms with van der Waals surface area (Å²) in [5.74, 6) is 0.827. The van der Waals surface area contributed by atoms with Crippen molar-refractivity contribution in [2.45, 2.75) is 0 Å². The molecule has 0 unspecified atom stereocenters. The Morgan fingerprint density at radius 3 is 2.34 bits per heavy atom. The molecule has 5 aromatic rings. The number of nitrogens with zero attached hydrogens (tertiary/aromatic N) is 2. The Morgan fingerprint density at radius 1 is 0.914 bits per heavy atom. The van der Waals surface area contributed by atoms with Gasteiger partial charge in [0, 0.05) is 22.9 Å². The van der Waals surface area contributed by atoms with Gasteiger partial charge in [-0.1, -0.05) is 18.2 Å². The molecule has 0 N–H and O–H groups in total. The Bertz CT molecular complexity index is 1480. The van der Waals surface area contributed by atoms with Gasteiger partial charge in [-0.25, -0.2) is 9.07 Å². The summed E-state index contributed by atoms with van der Waals surface area (Å²) < 4.78 is 26.0. The van der Waals surface area contributed by atoms with Crippen LogP contribution in [0.15, 0.2) is 108 Å². The average molecular weight is 464 g/mol. The largest absolute Gasteiger partial charge is 0.497 e. The van der Waals surface area contributed by atoms with Gasteiger partial charge in [0.05, 0.1) is 18.5 Å². The number of carbonyl (C=O) groups excluding carboxylic acids is 1. The van der Waals surface area contributed by atoms with Gasteiger partial charge in [0.1, 0.15) is 17.3 Å². The highest BCUT2D eigenvalue weighted by atomic mass is 19.1. The van der Waals surface area contributed by atoms with Crippen molar-refractivity contribution in [3.05, 3.63) is 120 Å². The molecule has 0 radical (unpaired) electrons. The second-order valence-electron chi connectivity index (χ2n) is 7.81. The lowest BCUT2D eigenvalue weighted by molar-refractivity contribution is 0.102. The maximum atomic E-state index is 13.2. The van der Waals surface area contributed by atoms with Crippen LogP contribution in [0.5, 0.6) is 5.75 Å². The predicted octanol–water partition coefficient (Wildman–Crippen LogP) is 6.84. The number of allylic oxidation sites excluding steroid dienone is 1. The SMILES string of the molecule is COc1ccc(-c2nn(-c3ccccc3)cc2/C=C/C(=O)c2ccc(-c3ccc(F)cc3)o2)cc1. The summed E-state index contributed by atoms with van der Waals surface area (Å²) in [7, 11) is 1.62. The summed E-state index contributed by atoms with van der Waals surface area (Å²) >= 11 is 0. The Balaban J connectivity index is 1.45. The standard InChI is InChI=1S/C29H21FN2O3/c1-34-25-14-9-21(10-15-25)29-22(19-32(31-29)24-5-3-2-4-6-24)11-16-26(33)28-18-17-27(35-28)20-7-12-23(30)13-8-20/h2-19H,1H3/b16-11+. The van der Waals surface area contributed by atoms with E-state index in [2.05, 4.69) is 0 Å². The monoisotopic (exact) mass is 464 g/mol. The number of ketones is 1. The van der Waals surface area contributed by atoms with Gasteiger partial charge in [0.15, 0.2) is 5.76 Å². The summed E-state index contributed by atoms with van der Waals surface area (Å²) in [5.41, 5.74) is 4.00. The molecule has 0 atom stereocenters. The number of hydrogen-bond donors (Lipinski definition) is 0. The molecule has 0 bridgehead atoms. The molecule has 2 heterocycles. The van der Waals surface area contributed by atoms with Crippen molar-refractivity contribution in [3.63, 3.8) is 0 Å². The van der Waals surface area contributed by atoms with Crippen LogP contribution in [-0.2, 0) is 0 Å². The number of rotatable bonds is 7. The first-order chi connectivity index (χ1) is 17.1. The molecule has 2 aromatic heterocycles. The third-order valence-corrected chi connectivity index (χ3v) is 5.52. The Hall–Kier alpha value is -4.71. The topological polar surface area (TPSA) is 57.3 Å². The van der Waals surface area contributed by atoms with Gasteiger partial charge < -0.3 is 9.15 Å². The highest BCUT2D eigenvalue weighted by Gasteiger charge is 2.13. The molecule has 35 heavy (non-hydrogen) atoms. The fraction of sp³-hybridized carbons (Fsp3) is 0.0345. The van der Waals surface area contributed by atoms with E-state index in [4.69, 9.17) is 14.3 Å². The maximum Gasteiger partial charge on any atom is 0.221 e. The highest BCUT2D eigenvalue weighted by molar-refractivity contribution is 6.05. The molecule has 3 aromatic carbocycles.